The molecule has 0 saturated heterocycles. The number of benzene rings is 1. The molecular formula is C11H12Na2O4S. The number of rotatable bonds is 4. The van der Waals surface area contributed by atoms with Crippen molar-refractivity contribution in [2.75, 3.05) is 0 Å². The van der Waals surface area contributed by atoms with Gasteiger partial charge in [0.1, 0.15) is 0 Å². The molecule has 0 fully saturated rings. The SMILES string of the molecule is C=CC(=O)OS(=O)(=O)C=Cc1ccccc1.[H-].[H-].[Na+].[Na+]. The van der Waals surface area contributed by atoms with Crippen LogP contribution >= 0.6 is 0 Å². The van der Waals surface area contributed by atoms with Gasteiger partial charge < -0.3 is 7.04 Å². The zero-order valence-electron chi connectivity index (χ0n) is 12.4. The molecule has 0 heterocycles. The second kappa shape index (κ2) is 9.97. The maximum Gasteiger partial charge on any atom is 1.00 e. The van der Waals surface area contributed by atoms with Crippen LogP contribution in [-0.2, 0) is 19.1 Å². The molecule has 0 aliphatic rings. The Kier molecular flexibility index (Phi) is 11.3. The molecule has 4 nitrogen and oxygen atoms in total. The van der Waals surface area contributed by atoms with Crippen LogP contribution < -0.4 is 59.1 Å². The van der Waals surface area contributed by atoms with Gasteiger partial charge in [0.15, 0.2) is 0 Å². The predicted octanol–water partition coefficient (Wildman–Crippen LogP) is -4.05. The first-order valence-electron chi connectivity index (χ1n) is 4.37. The molecule has 0 bridgehead atoms. The molecule has 1 rings (SSSR count). The molecule has 0 aromatic heterocycles. The van der Waals surface area contributed by atoms with E-state index in [0.29, 0.717) is 5.56 Å². The number of carbonyl (C=O) groups is 1. The van der Waals surface area contributed by atoms with E-state index in [2.05, 4.69) is 10.8 Å². The standard InChI is InChI=1S/C11H10O4S.2Na.2H/c1-2-11(12)15-16(13,14)9-8-10-6-4-3-5-7-10;;;;/h2-9H,1H2;;;;/q;2*+1;2*-1. The average molecular weight is 286 g/mol. The molecule has 0 amide bonds. The smallest absolute Gasteiger partial charge is 1.00 e. The Balaban J connectivity index is -0.000000320. The third kappa shape index (κ3) is 8.26. The fraction of sp³-hybridized carbons (Fsp3) is 0. The van der Waals surface area contributed by atoms with Gasteiger partial charge in [-0.3, -0.25) is 0 Å². The van der Waals surface area contributed by atoms with Gasteiger partial charge in [-0.05, 0) is 11.6 Å². The summed E-state index contributed by atoms with van der Waals surface area (Å²) in [5.74, 6) is -1.00. The number of carbonyl (C=O) groups excluding carboxylic acids is 1. The third-order valence-corrected chi connectivity index (χ3v) is 2.46. The molecule has 18 heavy (non-hydrogen) atoms. The van der Waals surface area contributed by atoms with E-state index < -0.39 is 16.1 Å². The van der Waals surface area contributed by atoms with Crippen LogP contribution in [0.25, 0.3) is 6.08 Å². The summed E-state index contributed by atoms with van der Waals surface area (Å²) in [5, 5.41) is 0.823. The van der Waals surface area contributed by atoms with Gasteiger partial charge in [0.05, 0.1) is 5.41 Å². The molecule has 0 atom stereocenters. The Morgan fingerprint density at radius 2 is 1.78 bits per heavy atom. The first kappa shape index (κ1) is 20.4. The second-order valence-corrected chi connectivity index (χ2v) is 4.24. The maximum absolute atomic E-state index is 11.2. The summed E-state index contributed by atoms with van der Waals surface area (Å²) in [5.41, 5.74) is 0.695. The summed E-state index contributed by atoms with van der Waals surface area (Å²) in [6.07, 6.45) is 2.12. The van der Waals surface area contributed by atoms with E-state index in [1.807, 2.05) is 6.07 Å². The number of hydrogen-bond donors (Lipinski definition) is 0. The van der Waals surface area contributed by atoms with E-state index in [-0.39, 0.29) is 62.0 Å². The Bertz CT molecular complexity index is 518. The van der Waals surface area contributed by atoms with E-state index in [1.54, 1.807) is 24.3 Å². The molecule has 0 unspecified atom stereocenters. The molecule has 88 valence electrons. The number of hydrogen-bond acceptors (Lipinski definition) is 4. The van der Waals surface area contributed by atoms with E-state index in [1.165, 1.54) is 6.08 Å². The monoisotopic (exact) mass is 286 g/mol. The summed E-state index contributed by atoms with van der Waals surface area (Å²) < 4.78 is 26.5. The quantitative estimate of drug-likeness (QED) is 0.321. The van der Waals surface area contributed by atoms with Gasteiger partial charge >= 0.3 is 75.2 Å². The summed E-state index contributed by atoms with van der Waals surface area (Å²) in [7, 11) is -3.99. The van der Waals surface area contributed by atoms with Crippen LogP contribution in [0.3, 0.4) is 0 Å². The van der Waals surface area contributed by atoms with Crippen molar-refractivity contribution >= 4 is 22.2 Å². The fourth-order valence-corrected chi connectivity index (χ4v) is 1.58. The first-order chi connectivity index (χ1) is 7.53. The molecule has 1 aromatic rings. The zero-order chi connectivity index (χ0) is 12.0. The average Bonchev–Trinajstić information content (AvgIpc) is 2.27. The molecule has 0 spiro atoms. The summed E-state index contributed by atoms with van der Waals surface area (Å²) in [6.45, 7) is 3.10. The van der Waals surface area contributed by atoms with Crippen molar-refractivity contribution in [2.24, 2.45) is 0 Å². The molecule has 1 aromatic carbocycles. The first-order valence-corrected chi connectivity index (χ1v) is 5.84. The van der Waals surface area contributed by atoms with Gasteiger partial charge in [0.25, 0.3) is 0 Å². The van der Waals surface area contributed by atoms with Crippen molar-refractivity contribution in [3.8, 4) is 0 Å². The molecule has 0 aliphatic carbocycles. The molecular weight excluding hydrogens is 274 g/mol. The Morgan fingerprint density at radius 3 is 2.28 bits per heavy atom. The molecule has 0 aliphatic heterocycles. The van der Waals surface area contributed by atoms with Gasteiger partial charge in [0.2, 0.25) is 0 Å². The van der Waals surface area contributed by atoms with Gasteiger partial charge in [-0.1, -0.05) is 36.9 Å². The van der Waals surface area contributed by atoms with Crippen molar-refractivity contribution in [2.45, 2.75) is 0 Å². The second-order valence-electron chi connectivity index (χ2n) is 2.81. The van der Waals surface area contributed by atoms with Crippen LogP contribution in [0.5, 0.6) is 0 Å². The molecule has 0 saturated carbocycles. The van der Waals surface area contributed by atoms with Crippen molar-refractivity contribution in [1.82, 2.24) is 0 Å². The fourth-order valence-electron chi connectivity index (χ4n) is 0.902. The van der Waals surface area contributed by atoms with E-state index >= 15 is 0 Å². The van der Waals surface area contributed by atoms with Crippen LogP contribution in [0.4, 0.5) is 0 Å². The summed E-state index contributed by atoms with van der Waals surface area (Å²) in [4.78, 5) is 10.7. The van der Waals surface area contributed by atoms with Crippen molar-refractivity contribution in [1.29, 1.82) is 0 Å². The minimum atomic E-state index is -3.99. The zero-order valence-corrected chi connectivity index (χ0v) is 15.2. The Labute approximate surface area is 154 Å². The van der Waals surface area contributed by atoms with Crippen molar-refractivity contribution in [3.05, 3.63) is 54.0 Å². The van der Waals surface area contributed by atoms with E-state index in [4.69, 9.17) is 0 Å². The van der Waals surface area contributed by atoms with Crippen LogP contribution in [-0.4, -0.2) is 14.4 Å². The summed E-state index contributed by atoms with van der Waals surface area (Å²) >= 11 is 0. The largest absolute Gasteiger partial charge is 1.00 e. The van der Waals surface area contributed by atoms with Gasteiger partial charge in [0, 0.05) is 6.08 Å². The minimum Gasteiger partial charge on any atom is -1.00 e. The predicted molar refractivity (Wildman–Crippen MR) is 62.9 cm³/mol. The third-order valence-electron chi connectivity index (χ3n) is 1.59. The van der Waals surface area contributed by atoms with Crippen LogP contribution in [0.15, 0.2) is 48.4 Å². The molecule has 0 N–H and O–H groups in total. The van der Waals surface area contributed by atoms with E-state index in [0.717, 1.165) is 11.5 Å². The Hall–Kier alpha value is 0.120. The van der Waals surface area contributed by atoms with Crippen LogP contribution in [0.1, 0.15) is 8.42 Å². The molecule has 0 radical (unpaired) electrons. The maximum atomic E-state index is 11.2. The normalized spacial score (nSPS) is 10.0. The van der Waals surface area contributed by atoms with Crippen LogP contribution in [0.2, 0.25) is 0 Å². The van der Waals surface area contributed by atoms with Gasteiger partial charge in [-0.25, -0.2) is 4.79 Å². The van der Waals surface area contributed by atoms with Crippen LogP contribution in [0, 0.1) is 0 Å². The van der Waals surface area contributed by atoms with Crippen molar-refractivity contribution < 1.29 is 79.4 Å². The topological polar surface area (TPSA) is 60.4 Å². The van der Waals surface area contributed by atoms with Gasteiger partial charge in [-0.2, -0.15) is 8.42 Å². The summed E-state index contributed by atoms with van der Waals surface area (Å²) in [6, 6.07) is 8.79. The van der Waals surface area contributed by atoms with Gasteiger partial charge in [-0.15, -0.1) is 0 Å². The van der Waals surface area contributed by atoms with Crippen molar-refractivity contribution in [3.63, 3.8) is 0 Å². The minimum absolute atomic E-state index is 0. The molecule has 7 heteroatoms. The van der Waals surface area contributed by atoms with E-state index in [9.17, 15) is 13.2 Å². The Morgan fingerprint density at radius 1 is 1.22 bits per heavy atom.